The zero-order valence-corrected chi connectivity index (χ0v) is 12.4. The van der Waals surface area contributed by atoms with E-state index in [9.17, 15) is 9.59 Å². The standard InChI is InChI=1S/C16H24O3/c1-11-5-6-16(14(18)19-4)8-7-15(2,3)9-13(16)12(11)10-17/h10,13H,5-9H2,1-4H3/t13?,16-/m1/s1. The van der Waals surface area contributed by atoms with Gasteiger partial charge in [0, 0.05) is 5.92 Å². The van der Waals surface area contributed by atoms with E-state index in [1.807, 2.05) is 6.92 Å². The molecule has 0 saturated heterocycles. The summed E-state index contributed by atoms with van der Waals surface area (Å²) in [4.78, 5) is 23.8. The van der Waals surface area contributed by atoms with Crippen LogP contribution in [0.3, 0.4) is 0 Å². The Balaban J connectivity index is 2.48. The van der Waals surface area contributed by atoms with Gasteiger partial charge in [0.1, 0.15) is 6.29 Å². The van der Waals surface area contributed by atoms with E-state index in [1.165, 1.54) is 7.11 Å². The van der Waals surface area contributed by atoms with Crippen molar-refractivity contribution in [1.82, 2.24) is 0 Å². The average Bonchev–Trinajstić information content (AvgIpc) is 2.37. The fraction of sp³-hybridized carbons (Fsp3) is 0.750. The normalized spacial score (nSPS) is 33.6. The lowest BCUT2D eigenvalue weighted by Gasteiger charge is -2.50. The highest BCUT2D eigenvalue weighted by Gasteiger charge is 2.54. The Morgan fingerprint density at radius 2 is 2.00 bits per heavy atom. The first-order valence-electron chi connectivity index (χ1n) is 7.09. The fourth-order valence-electron chi connectivity index (χ4n) is 3.88. The Bertz CT molecular complexity index is 433. The SMILES string of the molecule is COC(=O)[C@@]12CCC(C)=C(C=O)C1CC(C)(C)CC2. The molecule has 1 fully saturated rings. The molecule has 2 atom stereocenters. The minimum absolute atomic E-state index is 0.0370. The van der Waals surface area contributed by atoms with Gasteiger partial charge in [-0.3, -0.25) is 9.59 Å². The number of carbonyl (C=O) groups is 2. The molecule has 0 radical (unpaired) electrons. The molecule has 0 aromatic carbocycles. The largest absolute Gasteiger partial charge is 0.469 e. The molecule has 106 valence electrons. The lowest BCUT2D eigenvalue weighted by Crippen LogP contribution is -2.48. The Kier molecular flexibility index (Phi) is 3.59. The molecule has 0 heterocycles. The third kappa shape index (κ3) is 2.24. The molecule has 19 heavy (non-hydrogen) atoms. The van der Waals surface area contributed by atoms with Crippen molar-refractivity contribution in [1.29, 1.82) is 0 Å². The van der Waals surface area contributed by atoms with Crippen molar-refractivity contribution < 1.29 is 14.3 Å². The molecule has 0 amide bonds. The van der Waals surface area contributed by atoms with E-state index in [1.54, 1.807) is 0 Å². The molecule has 3 nitrogen and oxygen atoms in total. The summed E-state index contributed by atoms with van der Waals surface area (Å²) in [6.45, 7) is 6.47. The smallest absolute Gasteiger partial charge is 0.312 e. The molecule has 0 spiro atoms. The summed E-state index contributed by atoms with van der Waals surface area (Å²) in [7, 11) is 1.46. The van der Waals surface area contributed by atoms with Crippen LogP contribution in [0.4, 0.5) is 0 Å². The number of hydrogen-bond acceptors (Lipinski definition) is 3. The molecular weight excluding hydrogens is 240 g/mol. The molecule has 1 unspecified atom stereocenters. The van der Waals surface area contributed by atoms with E-state index < -0.39 is 5.41 Å². The predicted octanol–water partition coefficient (Wildman–Crippen LogP) is 3.28. The van der Waals surface area contributed by atoms with Crippen LogP contribution in [0.15, 0.2) is 11.1 Å². The van der Waals surface area contributed by atoms with Crippen LogP contribution in [0.1, 0.15) is 52.9 Å². The zero-order chi connectivity index (χ0) is 14.3. The van der Waals surface area contributed by atoms with Gasteiger partial charge in [0.15, 0.2) is 0 Å². The van der Waals surface area contributed by atoms with Gasteiger partial charge in [-0.2, -0.15) is 0 Å². The summed E-state index contributed by atoms with van der Waals surface area (Å²) in [5, 5.41) is 0. The highest BCUT2D eigenvalue weighted by molar-refractivity contribution is 5.83. The maximum absolute atomic E-state index is 12.3. The first-order chi connectivity index (χ1) is 8.86. The van der Waals surface area contributed by atoms with Crippen LogP contribution in [0.25, 0.3) is 0 Å². The summed E-state index contributed by atoms with van der Waals surface area (Å²) >= 11 is 0. The van der Waals surface area contributed by atoms with E-state index >= 15 is 0 Å². The van der Waals surface area contributed by atoms with E-state index in [0.29, 0.717) is 0 Å². The van der Waals surface area contributed by atoms with Gasteiger partial charge in [0.05, 0.1) is 12.5 Å². The van der Waals surface area contributed by atoms with Gasteiger partial charge >= 0.3 is 5.97 Å². The highest BCUT2D eigenvalue weighted by atomic mass is 16.5. The molecule has 2 rings (SSSR count). The molecule has 0 aliphatic heterocycles. The lowest BCUT2D eigenvalue weighted by molar-refractivity contribution is -0.161. The zero-order valence-electron chi connectivity index (χ0n) is 12.4. The number of aldehydes is 1. The Hall–Kier alpha value is -1.12. The van der Waals surface area contributed by atoms with Gasteiger partial charge < -0.3 is 4.74 Å². The third-order valence-corrected chi connectivity index (χ3v) is 5.20. The van der Waals surface area contributed by atoms with Gasteiger partial charge in [0.25, 0.3) is 0 Å². The number of rotatable bonds is 2. The molecule has 2 aliphatic carbocycles. The first kappa shape index (κ1) is 14.3. The van der Waals surface area contributed by atoms with Crippen molar-refractivity contribution in [2.45, 2.75) is 52.9 Å². The van der Waals surface area contributed by atoms with E-state index in [2.05, 4.69) is 13.8 Å². The molecule has 0 N–H and O–H groups in total. The molecule has 0 aromatic heterocycles. The van der Waals surface area contributed by atoms with Crippen molar-refractivity contribution >= 4 is 12.3 Å². The van der Waals surface area contributed by atoms with Crippen LogP contribution < -0.4 is 0 Å². The van der Waals surface area contributed by atoms with E-state index in [0.717, 1.165) is 49.5 Å². The van der Waals surface area contributed by atoms with E-state index in [4.69, 9.17) is 4.74 Å². The number of carbonyl (C=O) groups excluding carboxylic acids is 2. The van der Waals surface area contributed by atoms with Crippen LogP contribution in [0.5, 0.6) is 0 Å². The second-order valence-electron chi connectivity index (χ2n) is 6.92. The average molecular weight is 264 g/mol. The van der Waals surface area contributed by atoms with Gasteiger partial charge in [-0.25, -0.2) is 0 Å². The molecule has 1 saturated carbocycles. The third-order valence-electron chi connectivity index (χ3n) is 5.20. The number of hydrogen-bond donors (Lipinski definition) is 0. The minimum atomic E-state index is -0.458. The van der Waals surface area contributed by atoms with Crippen LogP contribution in [0, 0.1) is 16.7 Å². The monoisotopic (exact) mass is 264 g/mol. The van der Waals surface area contributed by atoms with Crippen LogP contribution in [-0.4, -0.2) is 19.4 Å². The van der Waals surface area contributed by atoms with Gasteiger partial charge in [-0.1, -0.05) is 19.4 Å². The number of esters is 1. The van der Waals surface area contributed by atoms with Crippen LogP contribution in [-0.2, 0) is 14.3 Å². The molecule has 2 aliphatic rings. The number of methoxy groups -OCH3 is 1. The summed E-state index contributed by atoms with van der Waals surface area (Å²) in [6.07, 6.45) is 5.38. The quantitative estimate of drug-likeness (QED) is 0.568. The first-order valence-corrected chi connectivity index (χ1v) is 7.09. The van der Waals surface area contributed by atoms with Gasteiger partial charge in [0.2, 0.25) is 0 Å². The highest BCUT2D eigenvalue weighted by Crippen LogP contribution is 2.57. The molecular formula is C16H24O3. The van der Waals surface area contributed by atoms with Crippen LogP contribution in [0.2, 0.25) is 0 Å². The maximum Gasteiger partial charge on any atom is 0.312 e. The van der Waals surface area contributed by atoms with E-state index in [-0.39, 0.29) is 17.3 Å². The lowest BCUT2D eigenvalue weighted by atomic mass is 9.53. The number of ether oxygens (including phenoxy) is 1. The molecule has 0 aromatic rings. The second kappa shape index (κ2) is 4.77. The van der Waals surface area contributed by atoms with Crippen molar-refractivity contribution in [3.8, 4) is 0 Å². The number of fused-ring (bicyclic) bond motifs is 1. The fourth-order valence-corrected chi connectivity index (χ4v) is 3.88. The van der Waals surface area contributed by atoms with Crippen LogP contribution >= 0.6 is 0 Å². The predicted molar refractivity (Wildman–Crippen MR) is 73.6 cm³/mol. The van der Waals surface area contributed by atoms with Crippen molar-refractivity contribution in [3.63, 3.8) is 0 Å². The Morgan fingerprint density at radius 3 is 2.58 bits per heavy atom. The summed E-state index contributed by atoms with van der Waals surface area (Å²) in [5.41, 5.74) is 1.73. The van der Waals surface area contributed by atoms with Crippen molar-refractivity contribution in [3.05, 3.63) is 11.1 Å². The van der Waals surface area contributed by atoms with Gasteiger partial charge in [-0.15, -0.1) is 0 Å². The Morgan fingerprint density at radius 1 is 1.32 bits per heavy atom. The second-order valence-corrected chi connectivity index (χ2v) is 6.92. The minimum Gasteiger partial charge on any atom is -0.469 e. The summed E-state index contributed by atoms with van der Waals surface area (Å²) in [5.74, 6) is -0.0881. The summed E-state index contributed by atoms with van der Waals surface area (Å²) < 4.78 is 5.07. The van der Waals surface area contributed by atoms with Crippen molar-refractivity contribution in [2.75, 3.05) is 7.11 Å². The van der Waals surface area contributed by atoms with Crippen molar-refractivity contribution in [2.24, 2.45) is 16.7 Å². The maximum atomic E-state index is 12.3. The number of allylic oxidation sites excluding steroid dienone is 2. The molecule has 0 bridgehead atoms. The Labute approximate surface area is 115 Å². The molecule has 3 heteroatoms. The van der Waals surface area contributed by atoms with Gasteiger partial charge in [-0.05, 0) is 50.0 Å². The topological polar surface area (TPSA) is 43.4 Å². The summed E-state index contributed by atoms with van der Waals surface area (Å²) in [6, 6.07) is 0.